The maximum atomic E-state index is 10.4. The van der Waals surface area contributed by atoms with Crippen molar-refractivity contribution in [3.05, 3.63) is 0 Å². The normalized spacial score (nSPS) is 21.9. The molecular formula is C5H6O3S. The summed E-state index contributed by atoms with van der Waals surface area (Å²) in [7, 11) is 0. The summed E-state index contributed by atoms with van der Waals surface area (Å²) in [6, 6.07) is 0. The molecule has 0 aromatic carbocycles. The summed E-state index contributed by atoms with van der Waals surface area (Å²) in [6.45, 7) is 0. The minimum atomic E-state index is -0.466. The Morgan fingerprint density at radius 1 is 1.33 bits per heavy atom. The van der Waals surface area contributed by atoms with Crippen LogP contribution in [0.5, 0.6) is 0 Å². The zero-order valence-electron chi connectivity index (χ0n) is 4.66. The summed E-state index contributed by atoms with van der Waals surface area (Å²) < 4.78 is 4.23. The third kappa shape index (κ3) is 1.71. The molecular weight excluding hydrogens is 140 g/mol. The van der Waals surface area contributed by atoms with Crippen molar-refractivity contribution in [2.24, 2.45) is 0 Å². The molecule has 4 heteroatoms. The Labute approximate surface area is 57.8 Å². The van der Waals surface area contributed by atoms with Crippen molar-refractivity contribution >= 4 is 24.6 Å². The molecule has 1 fully saturated rings. The van der Waals surface area contributed by atoms with Crippen molar-refractivity contribution in [2.45, 2.75) is 18.1 Å². The largest absolute Gasteiger partial charge is 0.393 e. The van der Waals surface area contributed by atoms with Gasteiger partial charge in [0.05, 0.1) is 12.8 Å². The quantitative estimate of drug-likeness (QED) is 0.300. The molecule has 0 atom stereocenters. The number of carbonyl (C=O) groups is 2. The van der Waals surface area contributed by atoms with E-state index in [0.717, 1.165) is 0 Å². The second-order valence-electron chi connectivity index (χ2n) is 1.91. The molecule has 0 radical (unpaired) electrons. The van der Waals surface area contributed by atoms with E-state index in [-0.39, 0.29) is 18.1 Å². The Bertz CT molecular complexity index is 138. The highest BCUT2D eigenvalue weighted by atomic mass is 32.1. The molecule has 0 bridgehead atoms. The van der Waals surface area contributed by atoms with Gasteiger partial charge >= 0.3 is 11.9 Å². The number of thiol groups is 1. The molecule has 50 valence electrons. The first-order valence-corrected chi connectivity index (χ1v) is 3.11. The van der Waals surface area contributed by atoms with Crippen LogP contribution in [0.2, 0.25) is 0 Å². The number of esters is 2. The van der Waals surface area contributed by atoms with E-state index in [4.69, 9.17) is 0 Å². The van der Waals surface area contributed by atoms with Crippen molar-refractivity contribution in [1.82, 2.24) is 0 Å². The maximum absolute atomic E-state index is 10.4. The van der Waals surface area contributed by atoms with E-state index in [1.165, 1.54) is 0 Å². The van der Waals surface area contributed by atoms with E-state index in [9.17, 15) is 9.59 Å². The third-order valence-corrected chi connectivity index (χ3v) is 1.40. The van der Waals surface area contributed by atoms with Gasteiger partial charge in [-0.05, 0) is 0 Å². The summed E-state index contributed by atoms with van der Waals surface area (Å²) in [6.07, 6.45) is 0.490. The van der Waals surface area contributed by atoms with Crippen LogP contribution in [-0.2, 0) is 14.3 Å². The topological polar surface area (TPSA) is 43.4 Å². The van der Waals surface area contributed by atoms with Gasteiger partial charge in [0.2, 0.25) is 0 Å². The molecule has 1 saturated heterocycles. The van der Waals surface area contributed by atoms with Gasteiger partial charge in [0, 0.05) is 5.25 Å². The highest BCUT2D eigenvalue weighted by molar-refractivity contribution is 7.81. The van der Waals surface area contributed by atoms with Gasteiger partial charge in [0.1, 0.15) is 0 Å². The Balaban J connectivity index is 2.53. The summed E-state index contributed by atoms with van der Waals surface area (Å²) in [5.74, 6) is -0.933. The predicted octanol–water partition coefficient (Wildman–Crippen LogP) is 0.148. The first-order chi connectivity index (χ1) is 4.18. The molecule has 0 spiro atoms. The van der Waals surface area contributed by atoms with E-state index in [1.54, 1.807) is 0 Å². The van der Waals surface area contributed by atoms with Gasteiger partial charge in [-0.1, -0.05) is 0 Å². The summed E-state index contributed by atoms with van der Waals surface area (Å²) in [5, 5.41) is -0.140. The fourth-order valence-corrected chi connectivity index (χ4v) is 0.965. The molecule has 0 aromatic rings. The Morgan fingerprint density at radius 2 is 1.78 bits per heavy atom. The highest BCUT2D eigenvalue weighted by Gasteiger charge is 2.23. The molecule has 0 unspecified atom stereocenters. The average molecular weight is 146 g/mol. The van der Waals surface area contributed by atoms with Crippen molar-refractivity contribution in [2.75, 3.05) is 0 Å². The van der Waals surface area contributed by atoms with Crippen LogP contribution in [0, 0.1) is 0 Å². The van der Waals surface area contributed by atoms with Gasteiger partial charge in [0.15, 0.2) is 0 Å². The lowest BCUT2D eigenvalue weighted by atomic mass is 10.2. The summed E-state index contributed by atoms with van der Waals surface area (Å²) >= 11 is 3.96. The van der Waals surface area contributed by atoms with Crippen molar-refractivity contribution < 1.29 is 14.3 Å². The average Bonchev–Trinajstić information content (AvgIpc) is 1.59. The van der Waals surface area contributed by atoms with Crippen LogP contribution in [-0.4, -0.2) is 17.2 Å². The van der Waals surface area contributed by atoms with Crippen LogP contribution >= 0.6 is 12.6 Å². The second-order valence-corrected chi connectivity index (χ2v) is 2.64. The molecule has 1 heterocycles. The number of hydrogen-bond acceptors (Lipinski definition) is 4. The molecule has 0 N–H and O–H groups in total. The number of cyclic esters (lactones) is 2. The lowest BCUT2D eigenvalue weighted by molar-refractivity contribution is -0.162. The molecule has 1 aliphatic heterocycles. The minimum Gasteiger partial charge on any atom is -0.393 e. The molecule has 0 aliphatic carbocycles. The van der Waals surface area contributed by atoms with Crippen LogP contribution in [0.3, 0.4) is 0 Å². The van der Waals surface area contributed by atoms with E-state index >= 15 is 0 Å². The fourth-order valence-electron chi connectivity index (χ4n) is 0.667. The van der Waals surface area contributed by atoms with Gasteiger partial charge in [0.25, 0.3) is 0 Å². The van der Waals surface area contributed by atoms with E-state index in [2.05, 4.69) is 17.4 Å². The van der Waals surface area contributed by atoms with Gasteiger partial charge < -0.3 is 4.74 Å². The first-order valence-electron chi connectivity index (χ1n) is 2.60. The minimum absolute atomic E-state index is 0.140. The van der Waals surface area contributed by atoms with Crippen molar-refractivity contribution in [3.8, 4) is 0 Å². The van der Waals surface area contributed by atoms with E-state index in [1.807, 2.05) is 0 Å². The second kappa shape index (κ2) is 2.39. The Hall–Kier alpha value is -0.510. The van der Waals surface area contributed by atoms with Gasteiger partial charge in [-0.3, -0.25) is 9.59 Å². The van der Waals surface area contributed by atoms with E-state index < -0.39 is 11.9 Å². The lowest BCUT2D eigenvalue weighted by Gasteiger charge is -2.13. The maximum Gasteiger partial charge on any atom is 0.314 e. The Kier molecular flexibility index (Phi) is 1.75. The summed E-state index contributed by atoms with van der Waals surface area (Å²) in [4.78, 5) is 20.8. The first kappa shape index (κ1) is 6.61. The molecule has 0 aromatic heterocycles. The predicted molar refractivity (Wildman–Crippen MR) is 33.1 cm³/mol. The Morgan fingerprint density at radius 3 is 2.11 bits per heavy atom. The molecule has 1 rings (SSSR count). The smallest absolute Gasteiger partial charge is 0.314 e. The number of hydrogen-bond donors (Lipinski definition) is 1. The molecule has 0 saturated carbocycles. The highest BCUT2D eigenvalue weighted by Crippen LogP contribution is 2.13. The lowest BCUT2D eigenvalue weighted by Crippen LogP contribution is -2.25. The standard InChI is InChI=1S/C5H6O3S/c6-4-1-3(9)2-5(7)8-4/h3,9H,1-2H2. The van der Waals surface area contributed by atoms with Gasteiger partial charge in [-0.2, -0.15) is 12.6 Å². The fraction of sp³-hybridized carbons (Fsp3) is 0.600. The summed E-state index contributed by atoms with van der Waals surface area (Å²) in [5.41, 5.74) is 0. The van der Waals surface area contributed by atoms with Crippen LogP contribution in [0.25, 0.3) is 0 Å². The molecule has 1 aliphatic rings. The van der Waals surface area contributed by atoms with Crippen LogP contribution in [0.15, 0.2) is 0 Å². The molecule has 3 nitrogen and oxygen atoms in total. The monoisotopic (exact) mass is 146 g/mol. The molecule has 9 heavy (non-hydrogen) atoms. The zero-order valence-corrected chi connectivity index (χ0v) is 5.56. The SMILES string of the molecule is O=C1CC(S)CC(=O)O1. The van der Waals surface area contributed by atoms with Gasteiger partial charge in [-0.15, -0.1) is 0 Å². The van der Waals surface area contributed by atoms with Crippen molar-refractivity contribution in [1.29, 1.82) is 0 Å². The number of carbonyl (C=O) groups excluding carboxylic acids is 2. The van der Waals surface area contributed by atoms with Crippen LogP contribution in [0.1, 0.15) is 12.8 Å². The van der Waals surface area contributed by atoms with E-state index in [0.29, 0.717) is 0 Å². The van der Waals surface area contributed by atoms with Gasteiger partial charge in [-0.25, -0.2) is 0 Å². The van der Waals surface area contributed by atoms with Crippen LogP contribution in [0.4, 0.5) is 0 Å². The number of ether oxygens (including phenoxy) is 1. The zero-order chi connectivity index (χ0) is 6.85. The number of rotatable bonds is 0. The third-order valence-electron chi connectivity index (χ3n) is 1.03. The van der Waals surface area contributed by atoms with Crippen molar-refractivity contribution in [3.63, 3.8) is 0 Å². The van der Waals surface area contributed by atoms with Crippen LogP contribution < -0.4 is 0 Å². The molecule has 0 amide bonds.